The minimum Gasteiger partial charge on any atom is -0.267 e. The predicted octanol–water partition coefficient (Wildman–Crippen LogP) is 2.51. The third kappa shape index (κ3) is 1.74. The summed E-state index contributed by atoms with van der Waals surface area (Å²) in [5, 5.41) is 4.31. The van der Waals surface area contributed by atoms with E-state index >= 15 is 0 Å². The Morgan fingerprint density at radius 3 is 2.55 bits per heavy atom. The number of alkyl halides is 1. The van der Waals surface area contributed by atoms with Gasteiger partial charge in [-0.05, 0) is 26.8 Å². The van der Waals surface area contributed by atoms with Crippen molar-refractivity contribution < 1.29 is 0 Å². The molecule has 0 N–H and O–H groups in total. The van der Waals surface area contributed by atoms with Crippen LogP contribution in [0.4, 0.5) is 0 Å². The molecule has 0 saturated carbocycles. The number of nitrogens with zero attached hydrogens (tertiary/aromatic N) is 2. The summed E-state index contributed by atoms with van der Waals surface area (Å²) in [5.41, 5.74) is 2.13. The van der Waals surface area contributed by atoms with E-state index in [0.717, 1.165) is 5.69 Å². The molecule has 0 aromatic carbocycles. The van der Waals surface area contributed by atoms with Crippen LogP contribution in [0.5, 0.6) is 0 Å². The second kappa shape index (κ2) is 3.26. The molecule has 0 bridgehead atoms. The third-order valence-electron chi connectivity index (χ3n) is 1.60. The molecule has 1 heterocycles. The zero-order chi connectivity index (χ0) is 8.43. The van der Waals surface area contributed by atoms with Gasteiger partial charge in [0.25, 0.3) is 0 Å². The standard InChI is InChI=1S/C8H13ClN2/c1-6(2)11-7(3)4-8(5-9)10-11/h4,6H,5H2,1-3H3. The first kappa shape index (κ1) is 8.60. The quantitative estimate of drug-likeness (QED) is 0.627. The first-order valence-electron chi connectivity index (χ1n) is 3.76. The number of hydrogen-bond donors (Lipinski definition) is 0. The van der Waals surface area contributed by atoms with Crippen LogP contribution in [-0.2, 0) is 5.88 Å². The first-order chi connectivity index (χ1) is 5.15. The van der Waals surface area contributed by atoms with Crippen LogP contribution >= 0.6 is 11.6 Å². The molecule has 0 spiro atoms. The molecule has 3 heteroatoms. The molecular formula is C8H13ClN2. The van der Waals surface area contributed by atoms with Crippen molar-refractivity contribution >= 4 is 11.6 Å². The summed E-state index contributed by atoms with van der Waals surface area (Å²) in [7, 11) is 0. The van der Waals surface area contributed by atoms with Gasteiger partial charge in [0, 0.05) is 11.7 Å². The summed E-state index contributed by atoms with van der Waals surface area (Å²) in [6.45, 7) is 6.26. The molecule has 0 amide bonds. The van der Waals surface area contributed by atoms with Crippen LogP contribution in [-0.4, -0.2) is 9.78 Å². The van der Waals surface area contributed by atoms with Gasteiger partial charge in [-0.2, -0.15) is 5.10 Å². The van der Waals surface area contributed by atoms with Gasteiger partial charge in [-0.3, -0.25) is 4.68 Å². The summed E-state index contributed by atoms with van der Waals surface area (Å²) in [6.07, 6.45) is 0. The Bertz CT molecular complexity index is 240. The van der Waals surface area contributed by atoms with E-state index in [1.807, 2.05) is 17.7 Å². The fourth-order valence-corrected chi connectivity index (χ4v) is 1.27. The van der Waals surface area contributed by atoms with Gasteiger partial charge in [0.05, 0.1) is 11.6 Å². The van der Waals surface area contributed by atoms with Crippen molar-refractivity contribution in [3.63, 3.8) is 0 Å². The fourth-order valence-electron chi connectivity index (χ4n) is 1.14. The molecule has 0 aliphatic rings. The molecule has 0 radical (unpaired) electrons. The monoisotopic (exact) mass is 172 g/mol. The number of rotatable bonds is 2. The second-order valence-electron chi connectivity index (χ2n) is 2.95. The summed E-state index contributed by atoms with van der Waals surface area (Å²) >= 11 is 5.64. The van der Waals surface area contributed by atoms with Gasteiger partial charge in [-0.1, -0.05) is 0 Å². The molecule has 0 unspecified atom stereocenters. The average molecular weight is 173 g/mol. The lowest BCUT2D eigenvalue weighted by molar-refractivity contribution is 0.516. The zero-order valence-electron chi connectivity index (χ0n) is 7.13. The van der Waals surface area contributed by atoms with E-state index in [2.05, 4.69) is 18.9 Å². The molecule has 0 aliphatic heterocycles. The SMILES string of the molecule is Cc1cc(CCl)nn1C(C)C. The molecule has 1 aromatic heterocycles. The van der Waals surface area contributed by atoms with E-state index in [9.17, 15) is 0 Å². The zero-order valence-corrected chi connectivity index (χ0v) is 7.89. The lowest BCUT2D eigenvalue weighted by atomic mass is 10.3. The third-order valence-corrected chi connectivity index (χ3v) is 1.87. The molecule has 0 atom stereocenters. The highest BCUT2D eigenvalue weighted by atomic mass is 35.5. The van der Waals surface area contributed by atoms with E-state index in [-0.39, 0.29) is 0 Å². The van der Waals surface area contributed by atoms with Crippen molar-refractivity contribution in [3.8, 4) is 0 Å². The highest BCUT2D eigenvalue weighted by Gasteiger charge is 2.04. The molecular weight excluding hydrogens is 160 g/mol. The summed E-state index contributed by atoms with van der Waals surface area (Å²) in [5.74, 6) is 0.501. The molecule has 11 heavy (non-hydrogen) atoms. The Labute approximate surface area is 72.2 Å². The van der Waals surface area contributed by atoms with Gasteiger partial charge in [-0.25, -0.2) is 0 Å². The van der Waals surface area contributed by atoms with Gasteiger partial charge in [0.1, 0.15) is 0 Å². The van der Waals surface area contributed by atoms with Crippen molar-refractivity contribution in [3.05, 3.63) is 17.5 Å². The number of hydrogen-bond acceptors (Lipinski definition) is 1. The maximum atomic E-state index is 5.64. The Morgan fingerprint density at radius 1 is 1.64 bits per heavy atom. The van der Waals surface area contributed by atoms with Crippen LogP contribution in [0.1, 0.15) is 31.3 Å². The fraction of sp³-hybridized carbons (Fsp3) is 0.625. The minimum atomic E-state index is 0.423. The van der Waals surface area contributed by atoms with Crippen LogP contribution < -0.4 is 0 Å². The van der Waals surface area contributed by atoms with E-state index in [4.69, 9.17) is 11.6 Å². The van der Waals surface area contributed by atoms with Crippen molar-refractivity contribution in [2.75, 3.05) is 0 Å². The maximum absolute atomic E-state index is 5.64. The largest absolute Gasteiger partial charge is 0.267 e. The number of halogens is 1. The summed E-state index contributed by atoms with van der Waals surface area (Å²) < 4.78 is 1.98. The molecule has 1 rings (SSSR count). The second-order valence-corrected chi connectivity index (χ2v) is 3.22. The van der Waals surface area contributed by atoms with E-state index in [0.29, 0.717) is 11.9 Å². The molecule has 0 aliphatic carbocycles. The van der Waals surface area contributed by atoms with Crippen LogP contribution in [0, 0.1) is 6.92 Å². The van der Waals surface area contributed by atoms with E-state index in [1.165, 1.54) is 5.69 Å². The lowest BCUT2D eigenvalue weighted by Crippen LogP contribution is -2.04. The molecule has 0 saturated heterocycles. The number of aryl methyl sites for hydroxylation is 1. The van der Waals surface area contributed by atoms with Crippen LogP contribution in [0.3, 0.4) is 0 Å². The van der Waals surface area contributed by atoms with E-state index < -0.39 is 0 Å². The van der Waals surface area contributed by atoms with E-state index in [1.54, 1.807) is 0 Å². The summed E-state index contributed by atoms with van der Waals surface area (Å²) in [6, 6.07) is 2.44. The van der Waals surface area contributed by atoms with Gasteiger partial charge in [0.15, 0.2) is 0 Å². The Kier molecular flexibility index (Phi) is 2.55. The van der Waals surface area contributed by atoms with Gasteiger partial charge in [-0.15, -0.1) is 11.6 Å². The minimum absolute atomic E-state index is 0.423. The van der Waals surface area contributed by atoms with Crippen molar-refractivity contribution in [2.24, 2.45) is 0 Å². The van der Waals surface area contributed by atoms with Crippen LogP contribution in [0.15, 0.2) is 6.07 Å². The first-order valence-corrected chi connectivity index (χ1v) is 4.29. The predicted molar refractivity (Wildman–Crippen MR) is 46.9 cm³/mol. The number of aromatic nitrogens is 2. The molecule has 62 valence electrons. The van der Waals surface area contributed by atoms with Crippen molar-refractivity contribution in [1.82, 2.24) is 9.78 Å². The molecule has 1 aromatic rings. The van der Waals surface area contributed by atoms with Crippen LogP contribution in [0.2, 0.25) is 0 Å². The smallest absolute Gasteiger partial charge is 0.0775 e. The average Bonchev–Trinajstić information content (AvgIpc) is 2.30. The van der Waals surface area contributed by atoms with Crippen molar-refractivity contribution in [2.45, 2.75) is 32.7 Å². The lowest BCUT2D eigenvalue weighted by Gasteiger charge is -2.06. The highest BCUT2D eigenvalue weighted by molar-refractivity contribution is 6.16. The molecule has 0 fully saturated rings. The van der Waals surface area contributed by atoms with Gasteiger partial charge in [0.2, 0.25) is 0 Å². The Hall–Kier alpha value is -0.500. The topological polar surface area (TPSA) is 17.8 Å². The maximum Gasteiger partial charge on any atom is 0.0775 e. The normalized spacial score (nSPS) is 11.0. The molecule has 2 nitrogen and oxygen atoms in total. The van der Waals surface area contributed by atoms with Gasteiger partial charge >= 0.3 is 0 Å². The Morgan fingerprint density at radius 2 is 2.27 bits per heavy atom. The Balaban J connectivity index is 2.97. The van der Waals surface area contributed by atoms with Crippen LogP contribution in [0.25, 0.3) is 0 Å². The van der Waals surface area contributed by atoms with Gasteiger partial charge < -0.3 is 0 Å². The van der Waals surface area contributed by atoms with Crippen molar-refractivity contribution in [1.29, 1.82) is 0 Å². The highest BCUT2D eigenvalue weighted by Crippen LogP contribution is 2.11. The summed E-state index contributed by atoms with van der Waals surface area (Å²) in [4.78, 5) is 0.